The van der Waals surface area contributed by atoms with Gasteiger partial charge in [-0.25, -0.2) is 5.06 Å². The Kier molecular flexibility index (Phi) is 5.41. The summed E-state index contributed by atoms with van der Waals surface area (Å²) in [5.41, 5.74) is 3.94. The Morgan fingerprint density at radius 3 is 2.28 bits per heavy atom. The van der Waals surface area contributed by atoms with Crippen LogP contribution >= 0.6 is 11.8 Å². The van der Waals surface area contributed by atoms with Gasteiger partial charge in [0.2, 0.25) is 0 Å². The summed E-state index contributed by atoms with van der Waals surface area (Å²) < 4.78 is 30.2. The molecule has 3 rings (SSSR count). The van der Waals surface area contributed by atoms with Gasteiger partial charge in [-0.15, -0.1) is 4.28 Å². The molecule has 0 unspecified atom stereocenters. The van der Waals surface area contributed by atoms with Gasteiger partial charge < -0.3 is 0 Å². The lowest BCUT2D eigenvalue weighted by molar-refractivity contribution is 0.319. The normalized spacial score (nSPS) is 13.5. The van der Waals surface area contributed by atoms with Crippen LogP contribution in [0.2, 0.25) is 0 Å². The first kappa shape index (κ1) is 18.3. The lowest BCUT2D eigenvalue weighted by Crippen LogP contribution is -2.26. The van der Waals surface area contributed by atoms with E-state index in [1.54, 1.807) is 11.8 Å². The first-order valence-corrected chi connectivity index (χ1v) is 11.0. The molecule has 0 saturated heterocycles. The molecule has 134 valence electrons. The second kappa shape index (κ2) is 7.40. The van der Waals surface area contributed by atoms with Crippen molar-refractivity contribution in [1.82, 2.24) is 0 Å². The quantitative estimate of drug-likeness (QED) is 0.702. The minimum absolute atomic E-state index is 0.00181. The van der Waals surface area contributed by atoms with Crippen LogP contribution in [0.4, 0.5) is 11.4 Å². The van der Waals surface area contributed by atoms with Crippen molar-refractivity contribution in [1.29, 1.82) is 0 Å². The first-order chi connectivity index (χ1) is 12.0. The third-order valence-corrected chi connectivity index (χ3v) is 6.56. The van der Waals surface area contributed by atoms with E-state index in [2.05, 4.69) is 26.0 Å². The molecule has 2 aromatic rings. The predicted octanol–water partition coefficient (Wildman–Crippen LogP) is 5.09. The van der Waals surface area contributed by atoms with Gasteiger partial charge in [0.15, 0.2) is 0 Å². The van der Waals surface area contributed by atoms with Crippen LogP contribution in [-0.2, 0) is 27.2 Å². The van der Waals surface area contributed by atoms with E-state index in [0.29, 0.717) is 6.42 Å². The first-order valence-electron chi connectivity index (χ1n) is 8.63. The van der Waals surface area contributed by atoms with E-state index >= 15 is 0 Å². The van der Waals surface area contributed by atoms with Crippen LogP contribution in [0.3, 0.4) is 0 Å². The monoisotopic (exact) mass is 377 g/mol. The van der Waals surface area contributed by atoms with Crippen molar-refractivity contribution in [2.75, 3.05) is 10.8 Å². The van der Waals surface area contributed by atoms with Crippen LogP contribution in [0.5, 0.6) is 0 Å². The topological polar surface area (TPSA) is 46.6 Å². The zero-order valence-electron chi connectivity index (χ0n) is 14.8. The average molecular weight is 378 g/mol. The molecule has 4 nitrogen and oxygen atoms in total. The molecule has 1 aliphatic rings. The number of anilines is 2. The molecule has 0 bridgehead atoms. The molecule has 6 heteroatoms. The summed E-state index contributed by atoms with van der Waals surface area (Å²) >= 11 is 1.66. The molecule has 1 heterocycles. The number of hydrogen-bond acceptors (Lipinski definition) is 5. The molecule has 0 aliphatic carbocycles. The third-order valence-electron chi connectivity index (χ3n) is 4.16. The fourth-order valence-corrected chi connectivity index (χ4v) is 4.83. The van der Waals surface area contributed by atoms with Gasteiger partial charge in [-0.2, -0.15) is 8.42 Å². The Labute approximate surface area is 154 Å². The van der Waals surface area contributed by atoms with Gasteiger partial charge in [-0.05, 0) is 54.7 Å². The van der Waals surface area contributed by atoms with E-state index in [9.17, 15) is 8.42 Å². The summed E-state index contributed by atoms with van der Waals surface area (Å²) in [6.45, 7) is 6.02. The Hall–Kier alpha value is -1.50. The van der Waals surface area contributed by atoms with Crippen LogP contribution in [0.1, 0.15) is 38.3 Å². The van der Waals surface area contributed by atoms with Crippen molar-refractivity contribution in [3.8, 4) is 0 Å². The zero-order chi connectivity index (χ0) is 18.0. The van der Waals surface area contributed by atoms with Crippen molar-refractivity contribution < 1.29 is 12.7 Å². The highest BCUT2D eigenvalue weighted by Crippen LogP contribution is 2.49. The number of benzene rings is 2. The fraction of sp³-hybridized carbons (Fsp3) is 0.368. The molecule has 0 spiro atoms. The Morgan fingerprint density at radius 2 is 1.60 bits per heavy atom. The van der Waals surface area contributed by atoms with E-state index < -0.39 is 10.1 Å². The van der Waals surface area contributed by atoms with E-state index in [0.717, 1.165) is 39.6 Å². The lowest BCUT2D eigenvalue weighted by Gasteiger charge is -2.31. The molecule has 0 fully saturated rings. The van der Waals surface area contributed by atoms with Crippen molar-refractivity contribution in [2.24, 2.45) is 0 Å². The molecular weight excluding hydrogens is 354 g/mol. The second-order valence-corrected chi connectivity index (χ2v) is 8.80. The highest BCUT2D eigenvalue weighted by atomic mass is 32.2. The van der Waals surface area contributed by atoms with Crippen molar-refractivity contribution in [2.45, 2.75) is 49.8 Å². The van der Waals surface area contributed by atoms with Gasteiger partial charge in [-0.3, -0.25) is 0 Å². The van der Waals surface area contributed by atoms with Crippen molar-refractivity contribution >= 4 is 33.3 Å². The van der Waals surface area contributed by atoms with Gasteiger partial charge in [0, 0.05) is 9.79 Å². The lowest BCUT2D eigenvalue weighted by atomic mass is 10.1. The van der Waals surface area contributed by atoms with Gasteiger partial charge >= 0.3 is 0 Å². The molecule has 0 radical (unpaired) electrons. The minimum atomic E-state index is -3.64. The standard InChI is InChI=1S/C19H23NO3S2/c1-4-11-25(21,22)23-20-16-9-7-15(6-3)13-19(16)24-18-10-8-14(5-2)12-17(18)20/h7-10,12-13H,4-6,11H2,1-3H3. The predicted molar refractivity (Wildman–Crippen MR) is 103 cm³/mol. The van der Waals surface area contributed by atoms with Crippen molar-refractivity contribution in [3.63, 3.8) is 0 Å². The number of hydrogen-bond donors (Lipinski definition) is 0. The zero-order valence-corrected chi connectivity index (χ0v) is 16.4. The van der Waals surface area contributed by atoms with E-state index in [4.69, 9.17) is 4.28 Å². The number of nitrogens with zero attached hydrogens (tertiary/aromatic N) is 1. The number of aryl methyl sites for hydroxylation is 2. The van der Waals surface area contributed by atoms with E-state index in [1.165, 1.54) is 10.6 Å². The van der Waals surface area contributed by atoms with E-state index in [-0.39, 0.29) is 5.75 Å². The maximum Gasteiger partial charge on any atom is 0.288 e. The molecule has 1 aliphatic heterocycles. The summed E-state index contributed by atoms with van der Waals surface area (Å²) in [6.07, 6.45) is 2.34. The van der Waals surface area contributed by atoms with Crippen molar-refractivity contribution in [3.05, 3.63) is 47.5 Å². The number of fused-ring (bicyclic) bond motifs is 2. The Morgan fingerprint density at radius 1 is 0.920 bits per heavy atom. The molecule has 0 saturated carbocycles. The average Bonchev–Trinajstić information content (AvgIpc) is 2.60. The Bertz CT molecular complexity index is 878. The molecule has 0 N–H and O–H groups in total. The summed E-state index contributed by atoms with van der Waals surface area (Å²) in [5.74, 6) is 0.00181. The minimum Gasteiger partial charge on any atom is -0.202 e. The highest BCUT2D eigenvalue weighted by Gasteiger charge is 2.28. The van der Waals surface area contributed by atoms with E-state index in [1.807, 2.05) is 31.2 Å². The molecule has 25 heavy (non-hydrogen) atoms. The summed E-state index contributed by atoms with van der Waals surface area (Å²) in [5, 5.41) is 1.49. The summed E-state index contributed by atoms with van der Waals surface area (Å²) in [7, 11) is -3.64. The fourth-order valence-electron chi connectivity index (χ4n) is 2.79. The molecular formula is C19H23NO3S2. The molecule has 0 atom stereocenters. The van der Waals surface area contributed by atoms with Gasteiger partial charge in [0.25, 0.3) is 10.1 Å². The molecule has 0 amide bonds. The Balaban J connectivity index is 2.11. The van der Waals surface area contributed by atoms with Crippen LogP contribution in [0.15, 0.2) is 46.2 Å². The van der Waals surface area contributed by atoms with Crippen LogP contribution in [0.25, 0.3) is 0 Å². The van der Waals surface area contributed by atoms with Gasteiger partial charge in [0.1, 0.15) is 0 Å². The largest absolute Gasteiger partial charge is 0.288 e. The smallest absolute Gasteiger partial charge is 0.202 e. The highest BCUT2D eigenvalue weighted by molar-refractivity contribution is 7.99. The third kappa shape index (κ3) is 3.86. The van der Waals surface area contributed by atoms with Gasteiger partial charge in [-0.1, -0.05) is 44.7 Å². The van der Waals surface area contributed by atoms with Gasteiger partial charge in [0.05, 0.1) is 17.1 Å². The SMILES string of the molecule is CCCS(=O)(=O)ON1c2ccc(CC)cc2Sc2ccc(CC)cc21. The maximum absolute atomic E-state index is 12.3. The van der Waals surface area contributed by atoms with Crippen LogP contribution in [0, 0.1) is 0 Å². The van der Waals surface area contributed by atoms with Crippen LogP contribution in [-0.4, -0.2) is 14.2 Å². The maximum atomic E-state index is 12.3. The van der Waals surface area contributed by atoms with Crippen LogP contribution < -0.4 is 5.06 Å². The molecule has 0 aromatic heterocycles. The number of rotatable bonds is 6. The summed E-state index contributed by atoms with van der Waals surface area (Å²) in [4.78, 5) is 2.02. The second-order valence-electron chi connectivity index (χ2n) is 6.04. The summed E-state index contributed by atoms with van der Waals surface area (Å²) in [6, 6.07) is 12.2. The molecule has 2 aromatic carbocycles.